The van der Waals surface area contributed by atoms with E-state index < -0.39 is 5.82 Å². The van der Waals surface area contributed by atoms with E-state index in [1.807, 2.05) is 41.8 Å². The Morgan fingerprint density at radius 1 is 1.24 bits per heavy atom. The van der Waals surface area contributed by atoms with Gasteiger partial charge in [-0.25, -0.2) is 9.37 Å². The van der Waals surface area contributed by atoms with Crippen molar-refractivity contribution >= 4 is 34.2 Å². The molecule has 0 bridgehead atoms. The molecule has 3 rings (SSSR count). The maximum atomic E-state index is 13.8. The molecule has 0 aliphatic carbocycles. The van der Waals surface area contributed by atoms with Crippen LogP contribution in [0.2, 0.25) is 5.02 Å². The average Bonchev–Trinajstić information content (AvgIpc) is 2.79. The molecule has 1 unspecified atom stereocenters. The van der Waals surface area contributed by atoms with Crippen molar-refractivity contribution < 1.29 is 4.39 Å². The molecular weight excluding hydrogens is 310 g/mol. The molecule has 0 aliphatic heterocycles. The fourth-order valence-electron chi connectivity index (χ4n) is 2.37. The Morgan fingerprint density at radius 3 is 2.62 bits per heavy atom. The van der Waals surface area contributed by atoms with Crippen LogP contribution >= 0.6 is 23.2 Å². The number of fused-ring (bicyclic) bond motifs is 1. The van der Waals surface area contributed by atoms with Crippen molar-refractivity contribution in [3.8, 4) is 0 Å². The smallest absolute Gasteiger partial charge is 0.144 e. The van der Waals surface area contributed by atoms with Crippen molar-refractivity contribution in [3.05, 3.63) is 64.7 Å². The van der Waals surface area contributed by atoms with Gasteiger partial charge in [-0.05, 0) is 18.6 Å². The van der Waals surface area contributed by atoms with Crippen LogP contribution in [0, 0.1) is 5.82 Å². The van der Waals surface area contributed by atoms with Crippen LogP contribution in [0.1, 0.15) is 23.7 Å². The average molecular weight is 323 g/mol. The van der Waals surface area contributed by atoms with Gasteiger partial charge in [0.25, 0.3) is 0 Å². The summed E-state index contributed by atoms with van der Waals surface area (Å²) in [5.41, 5.74) is 2.45. The highest BCUT2D eigenvalue weighted by Crippen LogP contribution is 2.28. The fourth-order valence-corrected chi connectivity index (χ4v) is 2.70. The summed E-state index contributed by atoms with van der Waals surface area (Å²) < 4.78 is 15.7. The zero-order chi connectivity index (χ0) is 15.0. The molecule has 0 N–H and O–H groups in total. The Balaban J connectivity index is 2.18. The summed E-state index contributed by atoms with van der Waals surface area (Å²) in [5.74, 6) is 0.254. The molecule has 1 aromatic heterocycles. The van der Waals surface area contributed by atoms with Gasteiger partial charge in [0.05, 0.1) is 21.4 Å². The molecule has 0 radical (unpaired) electrons. The molecule has 5 heteroatoms. The second-order valence-corrected chi connectivity index (χ2v) is 5.97. The molecule has 1 heterocycles. The number of halogens is 3. The van der Waals surface area contributed by atoms with E-state index in [1.54, 1.807) is 0 Å². The van der Waals surface area contributed by atoms with Gasteiger partial charge in [0, 0.05) is 12.6 Å². The van der Waals surface area contributed by atoms with E-state index in [-0.39, 0.29) is 10.4 Å². The van der Waals surface area contributed by atoms with E-state index in [1.165, 1.54) is 12.1 Å². The van der Waals surface area contributed by atoms with Crippen LogP contribution in [0.5, 0.6) is 0 Å². The minimum atomic E-state index is -0.452. The molecule has 1 atom stereocenters. The first-order valence-corrected chi connectivity index (χ1v) is 7.41. The first-order chi connectivity index (χ1) is 10.1. The minimum absolute atomic E-state index is 0.0700. The summed E-state index contributed by atoms with van der Waals surface area (Å²) in [6, 6.07) is 12.9. The van der Waals surface area contributed by atoms with Crippen molar-refractivity contribution in [3.63, 3.8) is 0 Å². The summed E-state index contributed by atoms with van der Waals surface area (Å²) >= 11 is 12.0. The summed E-state index contributed by atoms with van der Waals surface area (Å²) in [4.78, 5) is 4.49. The number of alkyl halides is 1. The first-order valence-electron chi connectivity index (χ1n) is 6.59. The lowest BCUT2D eigenvalue weighted by molar-refractivity contribution is 0.628. The predicted octanol–water partition coefficient (Wildman–Crippen LogP) is 5.18. The summed E-state index contributed by atoms with van der Waals surface area (Å²) in [6.45, 7) is 2.44. The third-order valence-corrected chi connectivity index (χ3v) is 3.84. The largest absolute Gasteiger partial charge is 0.322 e. The van der Waals surface area contributed by atoms with Gasteiger partial charge in [0.2, 0.25) is 0 Å². The lowest BCUT2D eigenvalue weighted by Crippen LogP contribution is -2.05. The highest BCUT2D eigenvalue weighted by molar-refractivity contribution is 6.31. The van der Waals surface area contributed by atoms with Gasteiger partial charge in [0.15, 0.2) is 0 Å². The molecule has 0 fully saturated rings. The number of nitrogens with zero attached hydrogens (tertiary/aromatic N) is 2. The number of benzene rings is 2. The summed E-state index contributed by atoms with van der Waals surface area (Å²) in [7, 11) is 0. The molecule has 0 saturated heterocycles. The molecule has 0 aliphatic rings. The summed E-state index contributed by atoms with van der Waals surface area (Å²) in [5, 5.41) is -0.205. The van der Waals surface area contributed by atoms with Crippen molar-refractivity contribution in [2.75, 3.05) is 0 Å². The SMILES string of the molecule is CC(Cl)c1nc2cc(Cl)c(F)cc2n1Cc1ccccc1. The fraction of sp³-hybridized carbons (Fsp3) is 0.188. The Bertz CT molecular complexity index is 782. The molecule has 2 aromatic carbocycles. The van der Waals surface area contributed by atoms with Crippen molar-refractivity contribution in [1.82, 2.24) is 9.55 Å². The molecule has 0 saturated carbocycles. The molecule has 0 spiro atoms. The van der Waals surface area contributed by atoms with Gasteiger partial charge in [-0.1, -0.05) is 41.9 Å². The quantitative estimate of drug-likeness (QED) is 0.608. The lowest BCUT2D eigenvalue weighted by Gasteiger charge is -2.10. The first kappa shape index (κ1) is 14.4. The topological polar surface area (TPSA) is 17.8 Å². The second kappa shape index (κ2) is 5.66. The van der Waals surface area contributed by atoms with Gasteiger partial charge in [-0.2, -0.15) is 0 Å². The molecule has 21 heavy (non-hydrogen) atoms. The third kappa shape index (κ3) is 2.76. The maximum Gasteiger partial charge on any atom is 0.144 e. The number of imidazole rings is 1. The molecular formula is C16H13Cl2FN2. The van der Waals surface area contributed by atoms with E-state index >= 15 is 0 Å². The van der Waals surface area contributed by atoms with Crippen LogP contribution < -0.4 is 0 Å². The number of rotatable bonds is 3. The number of hydrogen-bond donors (Lipinski definition) is 0. The van der Waals surface area contributed by atoms with Crippen molar-refractivity contribution in [2.24, 2.45) is 0 Å². The van der Waals surface area contributed by atoms with Gasteiger partial charge in [0.1, 0.15) is 11.6 Å². The van der Waals surface area contributed by atoms with E-state index in [2.05, 4.69) is 4.98 Å². The molecule has 3 aromatic rings. The highest BCUT2D eigenvalue weighted by atomic mass is 35.5. The standard InChI is InChI=1S/C16H13Cl2FN2/c1-10(17)16-20-14-7-12(18)13(19)8-15(14)21(16)9-11-5-3-2-4-6-11/h2-8,10H,9H2,1H3. The van der Waals surface area contributed by atoms with Gasteiger partial charge in [-0.3, -0.25) is 0 Å². The van der Waals surface area contributed by atoms with Crippen LogP contribution in [0.4, 0.5) is 4.39 Å². The van der Waals surface area contributed by atoms with Crippen molar-refractivity contribution in [2.45, 2.75) is 18.8 Å². The van der Waals surface area contributed by atoms with E-state index in [4.69, 9.17) is 23.2 Å². The Kier molecular flexibility index (Phi) is 3.87. The molecule has 108 valence electrons. The normalized spacial score (nSPS) is 12.8. The zero-order valence-electron chi connectivity index (χ0n) is 11.4. The lowest BCUT2D eigenvalue weighted by atomic mass is 10.2. The Morgan fingerprint density at radius 2 is 1.95 bits per heavy atom. The van der Waals surface area contributed by atoms with Gasteiger partial charge >= 0.3 is 0 Å². The predicted molar refractivity (Wildman–Crippen MR) is 84.5 cm³/mol. The van der Waals surface area contributed by atoms with Crippen LogP contribution in [-0.2, 0) is 6.54 Å². The Labute approximate surface area is 132 Å². The monoisotopic (exact) mass is 322 g/mol. The van der Waals surface area contributed by atoms with E-state index in [9.17, 15) is 4.39 Å². The number of aromatic nitrogens is 2. The van der Waals surface area contributed by atoms with Crippen LogP contribution in [0.15, 0.2) is 42.5 Å². The zero-order valence-corrected chi connectivity index (χ0v) is 12.9. The molecule has 0 amide bonds. The van der Waals surface area contributed by atoms with Crippen LogP contribution in [0.3, 0.4) is 0 Å². The third-order valence-electron chi connectivity index (χ3n) is 3.36. The summed E-state index contributed by atoms with van der Waals surface area (Å²) in [6.07, 6.45) is 0. The highest BCUT2D eigenvalue weighted by Gasteiger charge is 2.17. The van der Waals surface area contributed by atoms with Crippen molar-refractivity contribution in [1.29, 1.82) is 0 Å². The van der Waals surface area contributed by atoms with Gasteiger partial charge < -0.3 is 4.57 Å². The minimum Gasteiger partial charge on any atom is -0.322 e. The maximum absolute atomic E-state index is 13.8. The van der Waals surface area contributed by atoms with E-state index in [0.29, 0.717) is 23.4 Å². The number of hydrogen-bond acceptors (Lipinski definition) is 1. The molecule has 2 nitrogen and oxygen atoms in total. The second-order valence-electron chi connectivity index (χ2n) is 4.91. The van der Waals surface area contributed by atoms with Crippen LogP contribution in [0.25, 0.3) is 11.0 Å². The van der Waals surface area contributed by atoms with Gasteiger partial charge in [-0.15, -0.1) is 11.6 Å². The van der Waals surface area contributed by atoms with Crippen LogP contribution in [-0.4, -0.2) is 9.55 Å². The Hall–Kier alpha value is -1.58. The van der Waals surface area contributed by atoms with E-state index in [0.717, 1.165) is 5.56 Å².